The topological polar surface area (TPSA) is 21.3 Å². The van der Waals surface area contributed by atoms with Crippen molar-refractivity contribution in [3.05, 3.63) is 0 Å². The Bertz CT molecular complexity index is 173. The Labute approximate surface area is 95.8 Å². The molecule has 0 aromatic carbocycles. The maximum Gasteiger partial charge on any atom is 0.0637 e. The zero-order valence-electron chi connectivity index (χ0n) is 11.6. The van der Waals surface area contributed by atoms with E-state index in [1.54, 1.807) is 7.11 Å². The maximum absolute atomic E-state index is 5.45. The third-order valence-corrected chi connectivity index (χ3v) is 3.51. The van der Waals surface area contributed by atoms with Gasteiger partial charge >= 0.3 is 0 Å². The summed E-state index contributed by atoms with van der Waals surface area (Å²) in [5, 5.41) is 3.70. The average Bonchev–Trinajstić information content (AvgIpc) is 2.16. The van der Waals surface area contributed by atoms with Gasteiger partial charge in [0.2, 0.25) is 0 Å². The minimum Gasteiger partial charge on any atom is -0.379 e. The van der Waals surface area contributed by atoms with Crippen molar-refractivity contribution in [1.29, 1.82) is 0 Å². The molecule has 1 atom stereocenters. The first-order valence-corrected chi connectivity index (χ1v) is 6.11. The van der Waals surface area contributed by atoms with E-state index >= 15 is 0 Å². The standard InChI is InChI=1S/C13H29NO/c1-8-13(6,9-2)14-11(3)10-12(4,5)15-7/h11,14H,8-10H2,1-7H3. The fourth-order valence-corrected chi connectivity index (χ4v) is 1.92. The van der Waals surface area contributed by atoms with E-state index < -0.39 is 0 Å². The molecule has 0 heterocycles. The normalized spacial score (nSPS) is 15.4. The molecule has 0 radical (unpaired) electrons. The van der Waals surface area contributed by atoms with E-state index in [0.29, 0.717) is 6.04 Å². The second kappa shape index (κ2) is 5.86. The van der Waals surface area contributed by atoms with Crippen LogP contribution < -0.4 is 5.32 Å². The highest BCUT2D eigenvalue weighted by Gasteiger charge is 2.25. The zero-order valence-corrected chi connectivity index (χ0v) is 11.6. The highest BCUT2D eigenvalue weighted by molar-refractivity contribution is 4.85. The first-order valence-electron chi connectivity index (χ1n) is 6.11. The van der Waals surface area contributed by atoms with Crippen molar-refractivity contribution in [3.8, 4) is 0 Å². The summed E-state index contributed by atoms with van der Waals surface area (Å²) in [6.07, 6.45) is 3.38. The van der Waals surface area contributed by atoms with E-state index in [9.17, 15) is 0 Å². The number of hydrogen-bond donors (Lipinski definition) is 1. The molecule has 0 aliphatic rings. The predicted octanol–water partition coefficient (Wildman–Crippen LogP) is 3.36. The molecule has 1 N–H and O–H groups in total. The first-order chi connectivity index (χ1) is 6.78. The molecule has 0 spiro atoms. The molecular formula is C13H29NO. The minimum atomic E-state index is -0.0329. The van der Waals surface area contributed by atoms with Crippen LogP contribution in [0.5, 0.6) is 0 Å². The van der Waals surface area contributed by atoms with Gasteiger partial charge in [0.05, 0.1) is 5.60 Å². The van der Waals surface area contributed by atoms with Crippen molar-refractivity contribution in [2.45, 2.75) is 78.0 Å². The molecule has 92 valence electrons. The highest BCUT2D eigenvalue weighted by atomic mass is 16.5. The fourth-order valence-electron chi connectivity index (χ4n) is 1.92. The Morgan fingerprint density at radius 3 is 1.93 bits per heavy atom. The van der Waals surface area contributed by atoms with Crippen LogP contribution in [0.25, 0.3) is 0 Å². The van der Waals surface area contributed by atoms with E-state index in [4.69, 9.17) is 4.74 Å². The number of hydrogen-bond acceptors (Lipinski definition) is 2. The largest absolute Gasteiger partial charge is 0.379 e. The molecule has 2 nitrogen and oxygen atoms in total. The summed E-state index contributed by atoms with van der Waals surface area (Å²) >= 11 is 0. The van der Waals surface area contributed by atoms with Gasteiger partial charge < -0.3 is 10.1 Å². The lowest BCUT2D eigenvalue weighted by molar-refractivity contribution is 0.00586. The summed E-state index contributed by atoms with van der Waals surface area (Å²) in [4.78, 5) is 0. The van der Waals surface area contributed by atoms with E-state index in [-0.39, 0.29) is 11.1 Å². The van der Waals surface area contributed by atoms with Gasteiger partial charge in [-0.2, -0.15) is 0 Å². The van der Waals surface area contributed by atoms with Gasteiger partial charge in [0.15, 0.2) is 0 Å². The molecule has 2 heteroatoms. The molecule has 0 aliphatic carbocycles. The predicted molar refractivity (Wildman–Crippen MR) is 67.3 cm³/mol. The zero-order chi connectivity index (χ0) is 12.1. The van der Waals surface area contributed by atoms with Crippen molar-refractivity contribution in [1.82, 2.24) is 5.32 Å². The Morgan fingerprint density at radius 2 is 1.60 bits per heavy atom. The Morgan fingerprint density at radius 1 is 1.13 bits per heavy atom. The second-order valence-corrected chi connectivity index (χ2v) is 5.48. The van der Waals surface area contributed by atoms with Gasteiger partial charge in [0.25, 0.3) is 0 Å². The van der Waals surface area contributed by atoms with E-state index in [0.717, 1.165) is 6.42 Å². The van der Waals surface area contributed by atoms with Crippen molar-refractivity contribution in [3.63, 3.8) is 0 Å². The van der Waals surface area contributed by atoms with E-state index in [2.05, 4.69) is 46.9 Å². The molecule has 0 saturated carbocycles. The van der Waals surface area contributed by atoms with Crippen LogP contribution >= 0.6 is 0 Å². The van der Waals surface area contributed by atoms with Gasteiger partial charge in [-0.15, -0.1) is 0 Å². The van der Waals surface area contributed by atoms with Crippen LogP contribution in [0, 0.1) is 0 Å². The van der Waals surface area contributed by atoms with Crippen molar-refractivity contribution in [2.75, 3.05) is 7.11 Å². The molecule has 0 rings (SSSR count). The Balaban J connectivity index is 4.19. The second-order valence-electron chi connectivity index (χ2n) is 5.48. The van der Waals surface area contributed by atoms with Crippen LogP contribution in [0.1, 0.15) is 60.8 Å². The van der Waals surface area contributed by atoms with Crippen LogP contribution in [0.15, 0.2) is 0 Å². The summed E-state index contributed by atoms with van der Waals surface area (Å²) < 4.78 is 5.45. The Hall–Kier alpha value is -0.0800. The summed E-state index contributed by atoms with van der Waals surface area (Å²) in [7, 11) is 1.78. The minimum absolute atomic E-state index is 0.0329. The number of rotatable bonds is 7. The van der Waals surface area contributed by atoms with E-state index in [1.165, 1.54) is 12.8 Å². The highest BCUT2D eigenvalue weighted by Crippen LogP contribution is 2.20. The van der Waals surface area contributed by atoms with Gasteiger partial charge in [-0.3, -0.25) is 0 Å². The molecule has 0 aromatic rings. The lowest BCUT2D eigenvalue weighted by Crippen LogP contribution is -2.48. The van der Waals surface area contributed by atoms with Gasteiger partial charge in [-0.1, -0.05) is 13.8 Å². The van der Waals surface area contributed by atoms with Gasteiger partial charge in [0.1, 0.15) is 0 Å². The van der Waals surface area contributed by atoms with Crippen LogP contribution in [-0.4, -0.2) is 24.3 Å². The summed E-state index contributed by atoms with van der Waals surface area (Å²) in [5.74, 6) is 0. The summed E-state index contributed by atoms with van der Waals surface area (Å²) in [6.45, 7) is 13.3. The molecule has 15 heavy (non-hydrogen) atoms. The van der Waals surface area contributed by atoms with Crippen molar-refractivity contribution < 1.29 is 4.74 Å². The molecule has 0 aliphatic heterocycles. The first kappa shape index (κ1) is 14.9. The molecule has 0 aromatic heterocycles. The van der Waals surface area contributed by atoms with Gasteiger partial charge in [0, 0.05) is 18.7 Å². The average molecular weight is 215 g/mol. The number of ether oxygens (including phenoxy) is 1. The van der Waals surface area contributed by atoms with Crippen molar-refractivity contribution >= 4 is 0 Å². The molecule has 0 fully saturated rings. The fraction of sp³-hybridized carbons (Fsp3) is 1.00. The molecule has 0 saturated heterocycles. The van der Waals surface area contributed by atoms with Gasteiger partial charge in [-0.05, 0) is 47.0 Å². The maximum atomic E-state index is 5.45. The van der Waals surface area contributed by atoms with E-state index in [1.807, 2.05) is 0 Å². The quantitative estimate of drug-likeness (QED) is 0.703. The smallest absolute Gasteiger partial charge is 0.0637 e. The van der Waals surface area contributed by atoms with Crippen LogP contribution in [-0.2, 0) is 4.74 Å². The van der Waals surface area contributed by atoms with Crippen LogP contribution in [0.2, 0.25) is 0 Å². The molecule has 0 amide bonds. The SMILES string of the molecule is CCC(C)(CC)NC(C)CC(C)(C)OC. The lowest BCUT2D eigenvalue weighted by atomic mass is 9.92. The number of nitrogens with one attached hydrogen (secondary N) is 1. The molecular weight excluding hydrogens is 186 g/mol. The summed E-state index contributed by atoms with van der Waals surface area (Å²) in [6, 6.07) is 0.491. The molecule has 1 unspecified atom stereocenters. The summed E-state index contributed by atoms with van der Waals surface area (Å²) in [5.41, 5.74) is 0.234. The third-order valence-electron chi connectivity index (χ3n) is 3.51. The Kier molecular flexibility index (Phi) is 5.82. The monoisotopic (exact) mass is 215 g/mol. The third kappa shape index (κ3) is 5.53. The number of methoxy groups -OCH3 is 1. The van der Waals surface area contributed by atoms with Gasteiger partial charge in [-0.25, -0.2) is 0 Å². The van der Waals surface area contributed by atoms with Crippen LogP contribution in [0.3, 0.4) is 0 Å². The lowest BCUT2D eigenvalue weighted by Gasteiger charge is -2.35. The van der Waals surface area contributed by atoms with Crippen LogP contribution in [0.4, 0.5) is 0 Å². The molecule has 0 bridgehead atoms. The van der Waals surface area contributed by atoms with Crippen molar-refractivity contribution in [2.24, 2.45) is 0 Å².